The van der Waals surface area contributed by atoms with Crippen molar-refractivity contribution in [2.45, 2.75) is 46.6 Å². The van der Waals surface area contributed by atoms with Crippen molar-refractivity contribution in [2.75, 3.05) is 0 Å². The van der Waals surface area contributed by atoms with Crippen LogP contribution in [0.4, 0.5) is 0 Å². The third kappa shape index (κ3) is 5.02. The normalized spacial score (nSPS) is 11.5. The third-order valence-electron chi connectivity index (χ3n) is 4.98. The molecule has 0 bridgehead atoms. The molecular formula is C25H28N2O2. The van der Waals surface area contributed by atoms with Crippen molar-refractivity contribution in [1.82, 2.24) is 9.55 Å². The number of H-pyrrole nitrogens is 1. The van der Waals surface area contributed by atoms with Crippen molar-refractivity contribution in [1.29, 1.82) is 0 Å². The van der Waals surface area contributed by atoms with Crippen molar-refractivity contribution >= 4 is 6.08 Å². The lowest BCUT2D eigenvalue weighted by Gasteiger charge is -2.18. The van der Waals surface area contributed by atoms with E-state index in [1.165, 1.54) is 11.1 Å². The highest BCUT2D eigenvalue weighted by molar-refractivity contribution is 5.48. The summed E-state index contributed by atoms with van der Waals surface area (Å²) >= 11 is 0. The van der Waals surface area contributed by atoms with E-state index >= 15 is 0 Å². The van der Waals surface area contributed by atoms with Crippen LogP contribution in [0.2, 0.25) is 0 Å². The zero-order valence-corrected chi connectivity index (χ0v) is 17.5. The summed E-state index contributed by atoms with van der Waals surface area (Å²) in [5.41, 5.74) is 5.35. The Morgan fingerprint density at radius 1 is 1.00 bits per heavy atom. The summed E-state index contributed by atoms with van der Waals surface area (Å²) in [4.78, 5) is 27.8. The minimum absolute atomic E-state index is 0.0182. The first-order valence-electron chi connectivity index (χ1n) is 10.00. The van der Waals surface area contributed by atoms with E-state index in [2.05, 4.69) is 37.0 Å². The molecule has 0 unspecified atom stereocenters. The van der Waals surface area contributed by atoms with Crippen molar-refractivity contribution in [2.24, 2.45) is 0 Å². The average Bonchev–Trinajstić information content (AvgIpc) is 2.63. The first-order valence-corrected chi connectivity index (χ1v) is 10.00. The Morgan fingerprint density at radius 3 is 2.28 bits per heavy atom. The van der Waals surface area contributed by atoms with Crippen molar-refractivity contribution in [3.63, 3.8) is 0 Å². The Balaban J connectivity index is 2.06. The molecule has 0 aliphatic heterocycles. The predicted molar refractivity (Wildman–Crippen MR) is 120 cm³/mol. The number of aromatic nitrogens is 2. The third-order valence-corrected chi connectivity index (χ3v) is 4.98. The highest BCUT2D eigenvalue weighted by atomic mass is 16.2. The van der Waals surface area contributed by atoms with E-state index in [0.29, 0.717) is 18.5 Å². The standard InChI is InChI=1S/C25H28N2O2/c1-17(2)23-22(16-21-14-18(3)13-19(4)15-21)27(25(29)26-24(23)28)12-8-11-20-9-6-5-7-10-20/h5-11,13-15,17H,12,16H2,1-4H3,(H,26,28,29). The van der Waals surface area contributed by atoms with E-state index in [9.17, 15) is 9.59 Å². The van der Waals surface area contributed by atoms with Crippen LogP contribution < -0.4 is 11.2 Å². The molecule has 2 aromatic carbocycles. The Morgan fingerprint density at radius 2 is 1.66 bits per heavy atom. The van der Waals surface area contributed by atoms with Crippen LogP contribution in [0.5, 0.6) is 0 Å². The SMILES string of the molecule is Cc1cc(C)cc(Cc2c(C(C)C)c(=O)[nH]c(=O)n2CC=Cc2ccccc2)c1. The van der Waals surface area contributed by atoms with Crippen LogP contribution in [0.15, 0.2) is 64.2 Å². The summed E-state index contributed by atoms with van der Waals surface area (Å²) in [6.07, 6.45) is 4.51. The topological polar surface area (TPSA) is 54.9 Å². The van der Waals surface area contributed by atoms with Crippen LogP contribution in [0.25, 0.3) is 6.08 Å². The van der Waals surface area contributed by atoms with Crippen LogP contribution in [-0.2, 0) is 13.0 Å². The molecule has 3 rings (SSSR count). The summed E-state index contributed by atoms with van der Waals surface area (Å²) < 4.78 is 1.69. The summed E-state index contributed by atoms with van der Waals surface area (Å²) in [5, 5.41) is 0. The maximum atomic E-state index is 12.7. The Kier molecular flexibility index (Phi) is 6.32. The van der Waals surface area contributed by atoms with Gasteiger partial charge in [-0.05, 0) is 30.9 Å². The van der Waals surface area contributed by atoms with Gasteiger partial charge in [0.2, 0.25) is 0 Å². The lowest BCUT2D eigenvalue weighted by atomic mass is 9.96. The van der Waals surface area contributed by atoms with E-state index in [-0.39, 0.29) is 17.2 Å². The fourth-order valence-electron chi connectivity index (χ4n) is 3.83. The molecule has 0 radical (unpaired) electrons. The van der Waals surface area contributed by atoms with Crippen LogP contribution >= 0.6 is 0 Å². The second kappa shape index (κ2) is 8.91. The molecule has 0 aliphatic carbocycles. The quantitative estimate of drug-likeness (QED) is 0.672. The number of aryl methyl sites for hydroxylation is 2. The van der Waals surface area contributed by atoms with E-state index in [4.69, 9.17) is 0 Å². The number of hydrogen-bond acceptors (Lipinski definition) is 2. The van der Waals surface area contributed by atoms with Gasteiger partial charge in [0, 0.05) is 24.2 Å². The lowest BCUT2D eigenvalue weighted by Crippen LogP contribution is -2.36. The second-order valence-corrected chi connectivity index (χ2v) is 7.87. The Hall–Kier alpha value is -3.14. The first-order chi connectivity index (χ1) is 13.8. The minimum Gasteiger partial charge on any atom is -0.293 e. The minimum atomic E-state index is -0.364. The molecule has 3 aromatic rings. The number of nitrogens with zero attached hydrogens (tertiary/aromatic N) is 1. The van der Waals surface area contributed by atoms with E-state index < -0.39 is 0 Å². The number of benzene rings is 2. The van der Waals surface area contributed by atoms with Crippen LogP contribution in [0, 0.1) is 13.8 Å². The fraction of sp³-hybridized carbons (Fsp3) is 0.280. The molecule has 0 amide bonds. The maximum Gasteiger partial charge on any atom is 0.328 e. The summed E-state index contributed by atoms with van der Waals surface area (Å²) in [5.74, 6) is 0.0182. The molecule has 29 heavy (non-hydrogen) atoms. The van der Waals surface area contributed by atoms with E-state index in [1.807, 2.05) is 56.3 Å². The van der Waals surface area contributed by atoms with Gasteiger partial charge in [0.25, 0.3) is 5.56 Å². The Bertz CT molecular complexity index is 1120. The average molecular weight is 389 g/mol. The number of rotatable bonds is 6. The molecule has 0 aliphatic rings. The van der Waals surface area contributed by atoms with Gasteiger partial charge in [0.1, 0.15) is 0 Å². The summed E-state index contributed by atoms with van der Waals surface area (Å²) in [6.45, 7) is 8.51. The van der Waals surface area contributed by atoms with Gasteiger partial charge in [-0.3, -0.25) is 14.3 Å². The fourth-order valence-corrected chi connectivity index (χ4v) is 3.83. The highest BCUT2D eigenvalue weighted by Gasteiger charge is 2.17. The van der Waals surface area contributed by atoms with E-state index in [1.54, 1.807) is 4.57 Å². The van der Waals surface area contributed by atoms with Crippen molar-refractivity contribution < 1.29 is 0 Å². The second-order valence-electron chi connectivity index (χ2n) is 7.87. The van der Waals surface area contributed by atoms with Gasteiger partial charge >= 0.3 is 5.69 Å². The Labute approximate surface area is 171 Å². The number of hydrogen-bond donors (Lipinski definition) is 1. The molecule has 150 valence electrons. The van der Waals surface area contributed by atoms with Gasteiger partial charge in [0.15, 0.2) is 0 Å². The smallest absolute Gasteiger partial charge is 0.293 e. The molecule has 0 saturated carbocycles. The van der Waals surface area contributed by atoms with Crippen LogP contribution in [0.3, 0.4) is 0 Å². The van der Waals surface area contributed by atoms with Gasteiger partial charge < -0.3 is 0 Å². The van der Waals surface area contributed by atoms with Crippen LogP contribution in [-0.4, -0.2) is 9.55 Å². The molecule has 0 spiro atoms. The van der Waals surface area contributed by atoms with Gasteiger partial charge in [-0.15, -0.1) is 0 Å². The molecule has 4 nitrogen and oxygen atoms in total. The largest absolute Gasteiger partial charge is 0.328 e. The van der Waals surface area contributed by atoms with Gasteiger partial charge in [-0.2, -0.15) is 0 Å². The first kappa shape index (κ1) is 20.6. The lowest BCUT2D eigenvalue weighted by molar-refractivity contribution is 0.658. The molecular weight excluding hydrogens is 360 g/mol. The molecule has 0 atom stereocenters. The zero-order chi connectivity index (χ0) is 21.0. The van der Waals surface area contributed by atoms with Gasteiger partial charge in [0.05, 0.1) is 0 Å². The van der Waals surface area contributed by atoms with Gasteiger partial charge in [-0.25, -0.2) is 4.79 Å². The molecule has 1 aromatic heterocycles. The van der Waals surface area contributed by atoms with Crippen LogP contribution in [0.1, 0.15) is 53.3 Å². The zero-order valence-electron chi connectivity index (χ0n) is 17.5. The number of aromatic amines is 1. The van der Waals surface area contributed by atoms with E-state index in [0.717, 1.165) is 16.8 Å². The number of nitrogens with one attached hydrogen (secondary N) is 1. The maximum absolute atomic E-state index is 12.7. The molecule has 1 N–H and O–H groups in total. The molecule has 1 heterocycles. The number of allylic oxidation sites excluding steroid dienone is 1. The van der Waals surface area contributed by atoms with Gasteiger partial charge in [-0.1, -0.05) is 85.7 Å². The molecule has 0 fully saturated rings. The van der Waals surface area contributed by atoms with Crippen molar-refractivity contribution in [3.05, 3.63) is 109 Å². The summed E-state index contributed by atoms with van der Waals surface area (Å²) in [6, 6.07) is 16.3. The molecule has 4 heteroatoms. The predicted octanol–water partition coefficient (Wildman–Crippen LogP) is 4.58. The van der Waals surface area contributed by atoms with Crippen molar-refractivity contribution in [3.8, 4) is 0 Å². The monoisotopic (exact) mass is 388 g/mol. The summed E-state index contributed by atoms with van der Waals surface area (Å²) in [7, 11) is 0. The highest BCUT2D eigenvalue weighted by Crippen LogP contribution is 2.19. The molecule has 0 saturated heterocycles.